The fraction of sp³-hybridized carbons (Fsp3) is 0.571. The van der Waals surface area contributed by atoms with E-state index in [0.29, 0.717) is 5.39 Å². The van der Waals surface area contributed by atoms with Crippen LogP contribution in [0.4, 0.5) is 0 Å². The van der Waals surface area contributed by atoms with Crippen LogP contribution in [0.25, 0.3) is 11.0 Å². The Morgan fingerprint density at radius 2 is 1.53 bits per heavy atom. The summed E-state index contributed by atoms with van der Waals surface area (Å²) in [6, 6.07) is 5.67. The quantitative estimate of drug-likeness (QED) is 0.224. The molecule has 0 saturated carbocycles. The molecule has 0 radical (unpaired) electrons. The summed E-state index contributed by atoms with van der Waals surface area (Å²) in [4.78, 5) is 11.5. The second-order valence-corrected chi connectivity index (χ2v) is 7.97. The maximum atomic E-state index is 11.5. The van der Waals surface area contributed by atoms with Crippen LogP contribution in [0.2, 0.25) is 0 Å². The maximum absolute atomic E-state index is 11.5. The van der Waals surface area contributed by atoms with Crippen LogP contribution in [0.15, 0.2) is 33.5 Å². The van der Waals surface area contributed by atoms with Gasteiger partial charge in [-0.25, -0.2) is 4.79 Å². The van der Waals surface area contributed by atoms with Gasteiger partial charge in [0.1, 0.15) is 48.3 Å². The second kappa shape index (κ2) is 10.1. The summed E-state index contributed by atoms with van der Waals surface area (Å²) in [5.41, 5.74) is -0.406. The van der Waals surface area contributed by atoms with Gasteiger partial charge in [0.25, 0.3) is 0 Å². The molecule has 2 aromatic rings. The van der Waals surface area contributed by atoms with Gasteiger partial charge in [-0.05, 0) is 12.1 Å². The number of aliphatic hydroxyl groups is 6. The van der Waals surface area contributed by atoms with Crippen LogP contribution in [0, 0.1) is 0 Å². The summed E-state index contributed by atoms with van der Waals surface area (Å²) < 4.78 is 32.3. The van der Waals surface area contributed by atoms with Crippen molar-refractivity contribution >= 4 is 11.0 Å². The van der Waals surface area contributed by atoms with Gasteiger partial charge in [-0.2, -0.15) is 0 Å². The minimum Gasteiger partial charge on any atom is -0.493 e. The highest BCUT2D eigenvalue weighted by molar-refractivity contribution is 5.80. The van der Waals surface area contributed by atoms with Crippen molar-refractivity contribution in [3.05, 3.63) is 34.7 Å². The van der Waals surface area contributed by atoms with Crippen molar-refractivity contribution in [3.63, 3.8) is 0 Å². The van der Waals surface area contributed by atoms with E-state index < -0.39 is 74.1 Å². The van der Waals surface area contributed by atoms with Crippen molar-refractivity contribution in [2.24, 2.45) is 0 Å². The fourth-order valence-electron chi connectivity index (χ4n) is 3.80. The third kappa shape index (κ3) is 4.75. The zero-order chi connectivity index (χ0) is 24.6. The van der Waals surface area contributed by atoms with Crippen molar-refractivity contribution < 1.29 is 58.7 Å². The SMILES string of the molecule is COc1cc2ccc(=O)oc2cc1O[C@@H]1O[C@@H](CO[C@H]2O[C@H](CO)[C@H](O)[C@@H]2O)[C@@H](O)[C@H](O)[C@@H]1O. The molecule has 2 aliphatic rings. The zero-order valence-electron chi connectivity index (χ0n) is 18.0. The van der Waals surface area contributed by atoms with E-state index in [1.165, 1.54) is 31.4 Å². The summed E-state index contributed by atoms with van der Waals surface area (Å²) in [6.45, 7) is -0.976. The number of methoxy groups -OCH3 is 1. The van der Waals surface area contributed by atoms with Gasteiger partial charge in [0.2, 0.25) is 6.29 Å². The molecule has 2 fully saturated rings. The molecule has 2 saturated heterocycles. The molecule has 13 heteroatoms. The summed E-state index contributed by atoms with van der Waals surface area (Å²) in [5, 5.41) is 60.5. The van der Waals surface area contributed by atoms with Gasteiger partial charge in [-0.3, -0.25) is 0 Å². The number of hydrogen-bond donors (Lipinski definition) is 6. The van der Waals surface area contributed by atoms with Crippen LogP contribution in [0.1, 0.15) is 0 Å². The monoisotopic (exact) mass is 486 g/mol. The maximum Gasteiger partial charge on any atom is 0.336 e. The molecule has 0 amide bonds. The Balaban J connectivity index is 1.49. The lowest BCUT2D eigenvalue weighted by atomic mass is 9.99. The average molecular weight is 486 g/mol. The first-order valence-electron chi connectivity index (χ1n) is 10.5. The van der Waals surface area contributed by atoms with E-state index in [9.17, 15) is 30.3 Å². The van der Waals surface area contributed by atoms with Crippen LogP contribution in [-0.4, -0.2) is 106 Å². The van der Waals surface area contributed by atoms with Crippen LogP contribution in [-0.2, 0) is 14.2 Å². The lowest BCUT2D eigenvalue weighted by Gasteiger charge is -2.40. The van der Waals surface area contributed by atoms with E-state index in [-0.39, 0.29) is 17.1 Å². The van der Waals surface area contributed by atoms with Crippen LogP contribution < -0.4 is 15.1 Å². The van der Waals surface area contributed by atoms with E-state index in [0.717, 1.165) is 0 Å². The van der Waals surface area contributed by atoms with Crippen LogP contribution >= 0.6 is 0 Å². The first-order chi connectivity index (χ1) is 16.2. The van der Waals surface area contributed by atoms with Crippen molar-refractivity contribution in [3.8, 4) is 11.5 Å². The highest BCUT2D eigenvalue weighted by atomic mass is 16.7. The molecule has 4 rings (SSSR count). The van der Waals surface area contributed by atoms with Crippen molar-refractivity contribution in [2.45, 2.75) is 55.3 Å². The number of rotatable bonds is 7. The predicted octanol–water partition coefficient (Wildman–Crippen LogP) is -2.56. The standard InChI is InChI=1S/C21H26O13/c1-29-10-4-8-2-3-14(23)31-9(8)5-11(10)32-21-19(28)17(26)16(25)13(34-21)7-30-20-18(27)15(24)12(6-22)33-20/h2-5,12-13,15-22,24-28H,6-7H2,1H3/t12-,13+,15+,16-,17+,18+,19+,20+,21-/m1/s1. The third-order valence-corrected chi connectivity index (χ3v) is 5.74. The molecule has 6 N–H and O–H groups in total. The average Bonchev–Trinajstić information content (AvgIpc) is 3.11. The Morgan fingerprint density at radius 3 is 2.21 bits per heavy atom. The number of fused-ring (bicyclic) bond motifs is 1. The Morgan fingerprint density at radius 1 is 0.853 bits per heavy atom. The Kier molecular flexibility index (Phi) is 7.37. The molecule has 0 aliphatic carbocycles. The summed E-state index contributed by atoms with van der Waals surface area (Å²) in [5.74, 6) is 0.247. The van der Waals surface area contributed by atoms with E-state index in [4.69, 9.17) is 33.2 Å². The minimum atomic E-state index is -1.69. The lowest BCUT2D eigenvalue weighted by Crippen LogP contribution is -2.60. The molecule has 34 heavy (non-hydrogen) atoms. The predicted molar refractivity (Wildman–Crippen MR) is 110 cm³/mol. The highest BCUT2D eigenvalue weighted by Crippen LogP contribution is 2.35. The van der Waals surface area contributed by atoms with Crippen molar-refractivity contribution in [1.29, 1.82) is 0 Å². The van der Waals surface area contributed by atoms with Gasteiger partial charge < -0.3 is 58.7 Å². The normalized spacial score (nSPS) is 36.0. The fourth-order valence-corrected chi connectivity index (χ4v) is 3.80. The lowest BCUT2D eigenvalue weighted by molar-refractivity contribution is -0.290. The number of hydrogen-bond acceptors (Lipinski definition) is 13. The number of aliphatic hydroxyl groups excluding tert-OH is 6. The number of benzene rings is 1. The molecule has 2 aliphatic heterocycles. The smallest absolute Gasteiger partial charge is 0.336 e. The molecule has 188 valence electrons. The second-order valence-electron chi connectivity index (χ2n) is 7.97. The highest BCUT2D eigenvalue weighted by Gasteiger charge is 2.47. The molecule has 13 nitrogen and oxygen atoms in total. The van der Waals surface area contributed by atoms with Gasteiger partial charge in [-0.15, -0.1) is 0 Å². The summed E-state index contributed by atoms with van der Waals surface area (Å²) in [7, 11) is 1.38. The summed E-state index contributed by atoms with van der Waals surface area (Å²) >= 11 is 0. The molecule has 1 aromatic heterocycles. The first kappa shape index (κ1) is 24.8. The molecule has 0 spiro atoms. The molecule has 0 bridgehead atoms. The van der Waals surface area contributed by atoms with E-state index in [2.05, 4.69) is 0 Å². The minimum absolute atomic E-state index is 0.0279. The van der Waals surface area contributed by atoms with E-state index in [1.807, 2.05) is 0 Å². The van der Waals surface area contributed by atoms with Gasteiger partial charge in [0.05, 0.1) is 20.3 Å². The molecular formula is C21H26O13. The Labute approximate surface area is 192 Å². The van der Waals surface area contributed by atoms with E-state index in [1.54, 1.807) is 0 Å². The number of ether oxygens (including phenoxy) is 5. The Hall–Kier alpha value is -2.33. The van der Waals surface area contributed by atoms with Gasteiger partial charge in [0.15, 0.2) is 17.8 Å². The van der Waals surface area contributed by atoms with Crippen LogP contribution in [0.5, 0.6) is 11.5 Å². The van der Waals surface area contributed by atoms with E-state index >= 15 is 0 Å². The molecule has 9 atom stereocenters. The van der Waals surface area contributed by atoms with Gasteiger partial charge in [0, 0.05) is 17.5 Å². The largest absolute Gasteiger partial charge is 0.493 e. The molecule has 1 aromatic carbocycles. The first-order valence-corrected chi connectivity index (χ1v) is 10.5. The van der Waals surface area contributed by atoms with Crippen LogP contribution in [0.3, 0.4) is 0 Å². The Bertz CT molecular complexity index is 1040. The van der Waals surface area contributed by atoms with Crippen molar-refractivity contribution in [1.82, 2.24) is 0 Å². The molecular weight excluding hydrogens is 460 g/mol. The van der Waals surface area contributed by atoms with Crippen molar-refractivity contribution in [2.75, 3.05) is 20.3 Å². The van der Waals surface area contributed by atoms with Gasteiger partial charge >= 0.3 is 5.63 Å². The van der Waals surface area contributed by atoms with Gasteiger partial charge in [-0.1, -0.05) is 0 Å². The third-order valence-electron chi connectivity index (χ3n) is 5.74. The molecule has 3 heterocycles. The summed E-state index contributed by atoms with van der Waals surface area (Å²) in [6.07, 6.45) is -12.9. The molecule has 0 unspecified atom stereocenters. The zero-order valence-corrected chi connectivity index (χ0v) is 18.0. The topological polar surface area (TPSA) is 198 Å².